The van der Waals surface area contributed by atoms with Gasteiger partial charge in [0, 0.05) is 0 Å². The number of thioether (sulfide) groups is 1. The van der Waals surface area contributed by atoms with Crippen molar-refractivity contribution in [1.29, 1.82) is 0 Å². The molecule has 1 aliphatic heterocycles. The number of rotatable bonds is 3. The van der Waals surface area contributed by atoms with E-state index in [1.807, 2.05) is 29.8 Å². The maximum atomic E-state index is 12.8. The van der Waals surface area contributed by atoms with E-state index in [4.69, 9.17) is 9.73 Å². The van der Waals surface area contributed by atoms with Crippen molar-refractivity contribution in [2.75, 3.05) is 7.11 Å². The number of fused-ring (bicyclic) bond motifs is 1. The zero-order valence-corrected chi connectivity index (χ0v) is 15.4. The van der Waals surface area contributed by atoms with Crippen LogP contribution < -0.4 is 10.3 Å². The van der Waals surface area contributed by atoms with Crippen LogP contribution in [0.2, 0.25) is 0 Å². The Balaban J connectivity index is 1.80. The molecule has 0 radical (unpaired) electrons. The minimum Gasteiger partial charge on any atom is -0.497 e. The summed E-state index contributed by atoms with van der Waals surface area (Å²) >= 11 is 1.64. The monoisotopic (exact) mass is 357 g/mol. The van der Waals surface area contributed by atoms with Crippen LogP contribution >= 0.6 is 11.8 Å². The van der Waals surface area contributed by atoms with Crippen molar-refractivity contribution >= 4 is 22.6 Å². The fraction of sp³-hybridized carbons (Fsp3) is 0.474. The molecule has 0 amide bonds. The van der Waals surface area contributed by atoms with Crippen molar-refractivity contribution in [2.24, 2.45) is 4.99 Å². The normalized spacial score (nSPS) is 20.9. The average Bonchev–Trinajstić information content (AvgIpc) is 2.98. The number of methoxy groups -OCH3 is 1. The molecule has 1 aliphatic carbocycles. The number of nitrogens with one attached hydrogen (secondary N) is 1. The maximum absolute atomic E-state index is 12.8. The number of aromatic amines is 1. The SMILES string of the molecule is COc1cccc([C@@H]2SC(C)=Nc3c2c(=O)[nH]n3C2CCCCC2)c1. The van der Waals surface area contributed by atoms with Crippen LogP contribution in [0.5, 0.6) is 5.75 Å². The second-order valence-electron chi connectivity index (χ2n) is 6.75. The Morgan fingerprint density at radius 2 is 2.08 bits per heavy atom. The van der Waals surface area contributed by atoms with Crippen LogP contribution in [0.15, 0.2) is 34.1 Å². The Morgan fingerprint density at radius 1 is 1.28 bits per heavy atom. The molecular formula is C19H23N3O2S. The highest BCUT2D eigenvalue weighted by Gasteiger charge is 2.32. The van der Waals surface area contributed by atoms with E-state index < -0.39 is 0 Å². The fourth-order valence-electron chi connectivity index (χ4n) is 3.85. The van der Waals surface area contributed by atoms with E-state index in [0.29, 0.717) is 6.04 Å². The van der Waals surface area contributed by atoms with Gasteiger partial charge in [0.25, 0.3) is 5.56 Å². The molecule has 6 heteroatoms. The number of nitrogens with zero attached hydrogens (tertiary/aromatic N) is 2. The van der Waals surface area contributed by atoms with Crippen LogP contribution in [0.25, 0.3) is 0 Å². The number of ether oxygens (including phenoxy) is 1. The van der Waals surface area contributed by atoms with E-state index in [0.717, 1.165) is 40.6 Å². The van der Waals surface area contributed by atoms with Gasteiger partial charge in [0.05, 0.1) is 29.0 Å². The summed E-state index contributed by atoms with van der Waals surface area (Å²) in [7, 11) is 1.66. The molecule has 0 bridgehead atoms. The zero-order valence-electron chi connectivity index (χ0n) is 14.6. The summed E-state index contributed by atoms with van der Waals surface area (Å²) in [5, 5.41) is 4.03. The minimum atomic E-state index is -0.0452. The van der Waals surface area contributed by atoms with Gasteiger partial charge in [-0.15, -0.1) is 0 Å². The topological polar surface area (TPSA) is 59.4 Å². The van der Waals surface area contributed by atoms with E-state index in [1.54, 1.807) is 18.9 Å². The molecule has 4 rings (SSSR count). The predicted octanol–water partition coefficient (Wildman–Crippen LogP) is 4.58. The lowest BCUT2D eigenvalue weighted by molar-refractivity contribution is 0.331. The molecule has 1 N–H and O–H groups in total. The first-order chi connectivity index (χ1) is 12.2. The summed E-state index contributed by atoms with van der Waals surface area (Å²) in [6.45, 7) is 2.02. The van der Waals surface area contributed by atoms with Gasteiger partial charge in [0.2, 0.25) is 0 Å². The Morgan fingerprint density at radius 3 is 2.84 bits per heavy atom. The molecule has 1 fully saturated rings. The molecule has 2 aromatic rings. The van der Waals surface area contributed by atoms with Crippen LogP contribution in [0.4, 0.5) is 5.82 Å². The molecule has 1 aromatic carbocycles. The van der Waals surface area contributed by atoms with Gasteiger partial charge in [-0.05, 0) is 37.5 Å². The Hall–Kier alpha value is -1.95. The zero-order chi connectivity index (χ0) is 17.4. The minimum absolute atomic E-state index is 0.0165. The van der Waals surface area contributed by atoms with Crippen molar-refractivity contribution in [2.45, 2.75) is 50.3 Å². The van der Waals surface area contributed by atoms with Crippen LogP contribution in [-0.4, -0.2) is 21.9 Å². The fourth-order valence-corrected chi connectivity index (χ4v) is 4.95. The van der Waals surface area contributed by atoms with Crippen LogP contribution in [0.1, 0.15) is 61.4 Å². The van der Waals surface area contributed by atoms with Gasteiger partial charge in [-0.2, -0.15) is 0 Å². The molecule has 25 heavy (non-hydrogen) atoms. The molecule has 0 saturated heterocycles. The first-order valence-corrected chi connectivity index (χ1v) is 9.75. The van der Waals surface area contributed by atoms with Crippen molar-refractivity contribution < 1.29 is 4.74 Å². The third kappa shape index (κ3) is 3.03. The summed E-state index contributed by atoms with van der Waals surface area (Å²) < 4.78 is 7.40. The second kappa shape index (κ2) is 6.75. The maximum Gasteiger partial charge on any atom is 0.271 e. The number of benzene rings is 1. The molecule has 2 heterocycles. The lowest BCUT2D eigenvalue weighted by Gasteiger charge is -2.26. The van der Waals surface area contributed by atoms with E-state index in [-0.39, 0.29) is 10.8 Å². The van der Waals surface area contributed by atoms with Crippen molar-refractivity contribution in [3.8, 4) is 5.75 Å². The first kappa shape index (κ1) is 16.5. The van der Waals surface area contributed by atoms with E-state index in [2.05, 4.69) is 11.2 Å². The number of hydrogen-bond donors (Lipinski definition) is 1. The molecule has 132 valence electrons. The van der Waals surface area contributed by atoms with Gasteiger partial charge in [-0.1, -0.05) is 43.2 Å². The molecule has 1 aromatic heterocycles. The van der Waals surface area contributed by atoms with E-state index >= 15 is 0 Å². The van der Waals surface area contributed by atoms with E-state index in [9.17, 15) is 4.79 Å². The standard InChI is InChI=1S/C19H23N3O2S/c1-12-20-18-16(17(25-12)13-7-6-10-15(11-13)24-2)19(23)21-22(18)14-8-4-3-5-9-14/h6-7,10-11,14,17H,3-5,8-9H2,1-2H3,(H,21,23)/t17-/m0/s1. The Kier molecular flexibility index (Phi) is 4.46. The van der Waals surface area contributed by atoms with Crippen LogP contribution in [0, 0.1) is 0 Å². The van der Waals surface area contributed by atoms with E-state index in [1.165, 1.54) is 19.3 Å². The summed E-state index contributed by atoms with van der Waals surface area (Å²) in [5.74, 6) is 1.63. The van der Waals surface area contributed by atoms with Gasteiger partial charge in [0.1, 0.15) is 5.75 Å². The highest BCUT2D eigenvalue weighted by molar-refractivity contribution is 8.14. The number of aromatic nitrogens is 2. The van der Waals surface area contributed by atoms with Gasteiger partial charge in [-0.25, -0.2) is 4.99 Å². The summed E-state index contributed by atoms with van der Waals surface area (Å²) in [6.07, 6.45) is 5.95. The second-order valence-corrected chi connectivity index (χ2v) is 8.04. The molecule has 0 unspecified atom stereocenters. The molecular weight excluding hydrogens is 334 g/mol. The highest BCUT2D eigenvalue weighted by Crippen LogP contribution is 2.45. The van der Waals surface area contributed by atoms with Gasteiger partial charge < -0.3 is 4.74 Å². The largest absolute Gasteiger partial charge is 0.497 e. The highest BCUT2D eigenvalue weighted by atomic mass is 32.2. The lowest BCUT2D eigenvalue weighted by atomic mass is 9.95. The Labute approximate surface area is 151 Å². The molecule has 2 aliphatic rings. The quantitative estimate of drug-likeness (QED) is 0.875. The van der Waals surface area contributed by atoms with Crippen molar-refractivity contribution in [1.82, 2.24) is 9.78 Å². The van der Waals surface area contributed by atoms with Crippen LogP contribution in [0.3, 0.4) is 0 Å². The summed E-state index contributed by atoms with van der Waals surface area (Å²) in [6, 6.07) is 8.32. The number of H-pyrrole nitrogens is 1. The van der Waals surface area contributed by atoms with Crippen LogP contribution in [-0.2, 0) is 0 Å². The third-order valence-corrected chi connectivity index (χ3v) is 6.26. The number of hydrogen-bond acceptors (Lipinski definition) is 4. The molecule has 1 atom stereocenters. The van der Waals surface area contributed by atoms with Crippen molar-refractivity contribution in [3.63, 3.8) is 0 Å². The molecule has 5 nitrogen and oxygen atoms in total. The smallest absolute Gasteiger partial charge is 0.271 e. The first-order valence-electron chi connectivity index (χ1n) is 8.87. The third-order valence-electron chi connectivity index (χ3n) is 5.09. The number of aliphatic imine (C=N–C) groups is 1. The average molecular weight is 357 g/mol. The molecule has 1 saturated carbocycles. The Bertz CT molecular complexity index is 862. The molecule has 0 spiro atoms. The summed E-state index contributed by atoms with van der Waals surface area (Å²) in [4.78, 5) is 17.5. The van der Waals surface area contributed by atoms with Gasteiger partial charge in [-0.3, -0.25) is 14.6 Å². The van der Waals surface area contributed by atoms with Gasteiger partial charge >= 0.3 is 0 Å². The van der Waals surface area contributed by atoms with Crippen molar-refractivity contribution in [3.05, 3.63) is 45.7 Å². The summed E-state index contributed by atoms with van der Waals surface area (Å²) in [5.41, 5.74) is 1.83. The van der Waals surface area contributed by atoms with Gasteiger partial charge in [0.15, 0.2) is 5.82 Å². The predicted molar refractivity (Wildman–Crippen MR) is 102 cm³/mol. The lowest BCUT2D eigenvalue weighted by Crippen LogP contribution is -2.16.